The molecule has 0 saturated heterocycles. The van der Waals surface area contributed by atoms with E-state index in [1.54, 1.807) is 0 Å². The maximum absolute atomic E-state index is 12.9. The van der Waals surface area contributed by atoms with Crippen LogP contribution in [-0.4, -0.2) is 10.8 Å². The number of halogens is 2. The fraction of sp³-hybridized carbons (Fsp3) is 0.0769. The van der Waals surface area contributed by atoms with Gasteiger partial charge in [0, 0.05) is 22.7 Å². The zero-order chi connectivity index (χ0) is 12.3. The number of ketones is 1. The van der Waals surface area contributed by atoms with Gasteiger partial charge in [0.2, 0.25) is 0 Å². The first-order chi connectivity index (χ1) is 8.15. The molecule has 2 rings (SSSR count). The van der Waals surface area contributed by atoms with Crippen molar-refractivity contribution in [2.24, 2.45) is 0 Å². The fourth-order valence-corrected chi connectivity index (χ4v) is 1.72. The highest BCUT2D eigenvalue weighted by atomic mass is 79.9. The molecule has 0 saturated carbocycles. The molecule has 0 spiro atoms. The molecule has 2 nitrogen and oxygen atoms in total. The van der Waals surface area contributed by atoms with Crippen molar-refractivity contribution >= 4 is 21.7 Å². The molecule has 0 unspecified atom stereocenters. The standard InChI is InChI=1S/C13H9BrFNO/c14-11-3-1-9(2-4-11)5-13(17)10-6-12(15)8-16-7-10/h1-4,6-8H,5H2. The van der Waals surface area contributed by atoms with Gasteiger partial charge in [0.05, 0.1) is 6.20 Å². The molecule has 2 aromatic rings. The summed E-state index contributed by atoms with van der Waals surface area (Å²) in [6.45, 7) is 0. The van der Waals surface area contributed by atoms with Crippen LogP contribution >= 0.6 is 15.9 Å². The number of benzene rings is 1. The third-order valence-electron chi connectivity index (χ3n) is 2.30. The van der Waals surface area contributed by atoms with Gasteiger partial charge in [0.25, 0.3) is 0 Å². The van der Waals surface area contributed by atoms with E-state index in [0.717, 1.165) is 16.2 Å². The summed E-state index contributed by atoms with van der Waals surface area (Å²) in [5.74, 6) is -0.633. The Morgan fingerprint density at radius 1 is 1.24 bits per heavy atom. The molecule has 17 heavy (non-hydrogen) atoms. The van der Waals surface area contributed by atoms with Gasteiger partial charge in [-0.05, 0) is 23.8 Å². The molecule has 4 heteroatoms. The number of carbonyl (C=O) groups excluding carboxylic acids is 1. The Hall–Kier alpha value is -1.55. The summed E-state index contributed by atoms with van der Waals surface area (Å²) >= 11 is 3.32. The summed E-state index contributed by atoms with van der Waals surface area (Å²) in [6.07, 6.45) is 2.71. The van der Waals surface area contributed by atoms with Crippen molar-refractivity contribution in [3.8, 4) is 0 Å². The number of nitrogens with zero attached hydrogens (tertiary/aromatic N) is 1. The predicted molar refractivity (Wildman–Crippen MR) is 66.4 cm³/mol. The van der Waals surface area contributed by atoms with Crippen molar-refractivity contribution in [3.63, 3.8) is 0 Å². The van der Waals surface area contributed by atoms with Crippen LogP contribution < -0.4 is 0 Å². The van der Waals surface area contributed by atoms with Crippen LogP contribution in [0.2, 0.25) is 0 Å². The number of rotatable bonds is 3. The van der Waals surface area contributed by atoms with Gasteiger partial charge in [0.15, 0.2) is 5.78 Å². The summed E-state index contributed by atoms with van der Waals surface area (Å²) in [6, 6.07) is 8.65. The fourth-order valence-electron chi connectivity index (χ4n) is 1.45. The minimum absolute atomic E-state index is 0.140. The van der Waals surface area contributed by atoms with Gasteiger partial charge in [-0.15, -0.1) is 0 Å². The van der Waals surface area contributed by atoms with E-state index in [1.807, 2.05) is 24.3 Å². The molecular formula is C13H9BrFNO. The van der Waals surface area contributed by atoms with Crippen molar-refractivity contribution in [1.29, 1.82) is 0 Å². The molecule has 1 aromatic heterocycles. The van der Waals surface area contributed by atoms with Crippen LogP contribution in [0.4, 0.5) is 4.39 Å². The van der Waals surface area contributed by atoms with E-state index in [9.17, 15) is 9.18 Å². The predicted octanol–water partition coefficient (Wildman–Crippen LogP) is 3.41. The maximum Gasteiger partial charge on any atom is 0.168 e. The quantitative estimate of drug-likeness (QED) is 0.812. The van der Waals surface area contributed by atoms with E-state index in [2.05, 4.69) is 20.9 Å². The van der Waals surface area contributed by atoms with Gasteiger partial charge in [-0.2, -0.15) is 0 Å². The summed E-state index contributed by atoms with van der Waals surface area (Å²) in [7, 11) is 0. The van der Waals surface area contributed by atoms with Gasteiger partial charge in [0.1, 0.15) is 5.82 Å². The Balaban J connectivity index is 2.14. The summed E-state index contributed by atoms with van der Waals surface area (Å²) in [5, 5.41) is 0. The number of carbonyl (C=O) groups is 1. The highest BCUT2D eigenvalue weighted by Crippen LogP contribution is 2.13. The average Bonchev–Trinajstić information content (AvgIpc) is 2.32. The lowest BCUT2D eigenvalue weighted by molar-refractivity contribution is 0.0992. The Kier molecular flexibility index (Phi) is 3.64. The van der Waals surface area contributed by atoms with E-state index >= 15 is 0 Å². The highest BCUT2D eigenvalue weighted by molar-refractivity contribution is 9.10. The van der Waals surface area contributed by atoms with Crippen LogP contribution in [0.25, 0.3) is 0 Å². The summed E-state index contributed by atoms with van der Waals surface area (Å²) < 4.78 is 13.9. The number of pyridine rings is 1. The SMILES string of the molecule is O=C(Cc1ccc(Br)cc1)c1cncc(F)c1. The number of hydrogen-bond acceptors (Lipinski definition) is 2. The van der Waals surface area contributed by atoms with Gasteiger partial charge in [-0.25, -0.2) is 4.39 Å². The van der Waals surface area contributed by atoms with Crippen molar-refractivity contribution in [3.05, 3.63) is 64.1 Å². The molecule has 1 aromatic carbocycles. The smallest absolute Gasteiger partial charge is 0.168 e. The van der Waals surface area contributed by atoms with Crippen molar-refractivity contribution < 1.29 is 9.18 Å². The second kappa shape index (κ2) is 5.19. The lowest BCUT2D eigenvalue weighted by Crippen LogP contribution is -2.04. The second-order valence-electron chi connectivity index (χ2n) is 3.62. The largest absolute Gasteiger partial charge is 0.294 e. The van der Waals surface area contributed by atoms with Gasteiger partial charge >= 0.3 is 0 Å². The van der Waals surface area contributed by atoms with E-state index in [4.69, 9.17) is 0 Å². The molecule has 0 radical (unpaired) electrons. The number of hydrogen-bond donors (Lipinski definition) is 0. The van der Waals surface area contributed by atoms with Crippen molar-refractivity contribution in [2.45, 2.75) is 6.42 Å². The minimum Gasteiger partial charge on any atom is -0.294 e. The molecule has 1 heterocycles. The Morgan fingerprint density at radius 3 is 2.59 bits per heavy atom. The zero-order valence-corrected chi connectivity index (χ0v) is 10.4. The van der Waals surface area contributed by atoms with E-state index < -0.39 is 5.82 Å². The Bertz CT molecular complexity index is 539. The van der Waals surface area contributed by atoms with Crippen LogP contribution in [0.3, 0.4) is 0 Å². The second-order valence-corrected chi connectivity index (χ2v) is 4.53. The summed E-state index contributed by atoms with van der Waals surface area (Å²) in [5.41, 5.74) is 1.19. The zero-order valence-electron chi connectivity index (χ0n) is 8.86. The third-order valence-corrected chi connectivity index (χ3v) is 2.83. The molecule has 0 atom stereocenters. The first-order valence-electron chi connectivity index (χ1n) is 5.03. The summed E-state index contributed by atoms with van der Waals surface area (Å²) in [4.78, 5) is 15.5. The van der Waals surface area contributed by atoms with E-state index in [-0.39, 0.29) is 12.2 Å². The van der Waals surface area contributed by atoms with Crippen LogP contribution in [0.1, 0.15) is 15.9 Å². The highest BCUT2D eigenvalue weighted by Gasteiger charge is 2.08. The molecule has 0 bridgehead atoms. The Labute approximate surface area is 107 Å². The van der Waals surface area contributed by atoms with Gasteiger partial charge in [-0.1, -0.05) is 28.1 Å². The molecule has 86 valence electrons. The molecule has 0 N–H and O–H groups in total. The molecule has 0 fully saturated rings. The van der Waals surface area contributed by atoms with E-state index in [0.29, 0.717) is 5.56 Å². The minimum atomic E-state index is -0.494. The average molecular weight is 294 g/mol. The molecular weight excluding hydrogens is 285 g/mol. The number of Topliss-reactive ketones (excluding diaryl/α,β-unsaturated/α-hetero) is 1. The van der Waals surface area contributed by atoms with Gasteiger partial charge < -0.3 is 0 Å². The molecule has 0 aliphatic heterocycles. The van der Waals surface area contributed by atoms with Crippen molar-refractivity contribution in [1.82, 2.24) is 4.98 Å². The van der Waals surface area contributed by atoms with Gasteiger partial charge in [-0.3, -0.25) is 9.78 Å². The lowest BCUT2D eigenvalue weighted by Gasteiger charge is -2.01. The first kappa shape index (κ1) is 11.9. The maximum atomic E-state index is 12.9. The molecule has 0 amide bonds. The first-order valence-corrected chi connectivity index (χ1v) is 5.82. The monoisotopic (exact) mass is 293 g/mol. The van der Waals surface area contributed by atoms with E-state index in [1.165, 1.54) is 12.3 Å². The third kappa shape index (κ3) is 3.20. The topological polar surface area (TPSA) is 30.0 Å². The normalized spacial score (nSPS) is 10.2. The number of aromatic nitrogens is 1. The molecule has 0 aliphatic rings. The molecule has 0 aliphatic carbocycles. The van der Waals surface area contributed by atoms with Crippen LogP contribution in [-0.2, 0) is 6.42 Å². The van der Waals surface area contributed by atoms with Crippen LogP contribution in [0, 0.1) is 5.82 Å². The Morgan fingerprint density at radius 2 is 1.94 bits per heavy atom. The van der Waals surface area contributed by atoms with Crippen molar-refractivity contribution in [2.75, 3.05) is 0 Å². The van der Waals surface area contributed by atoms with Crippen LogP contribution in [0.5, 0.6) is 0 Å². The lowest BCUT2D eigenvalue weighted by atomic mass is 10.0. The van der Waals surface area contributed by atoms with Crippen LogP contribution in [0.15, 0.2) is 47.2 Å².